The lowest BCUT2D eigenvalue weighted by molar-refractivity contribution is 0.149. The third kappa shape index (κ3) is 3.05. The molecule has 7 heteroatoms. The van der Waals surface area contributed by atoms with Crippen molar-refractivity contribution in [2.75, 3.05) is 20.2 Å². The Labute approximate surface area is 157 Å². The van der Waals surface area contributed by atoms with Crippen molar-refractivity contribution in [1.82, 2.24) is 19.5 Å². The maximum atomic E-state index is 10.9. The largest absolute Gasteiger partial charge is 0.497 e. The number of piperidine rings is 1. The van der Waals surface area contributed by atoms with Crippen LogP contribution in [0.3, 0.4) is 0 Å². The lowest BCUT2D eigenvalue weighted by atomic mass is 9.95. The van der Waals surface area contributed by atoms with Crippen molar-refractivity contribution in [3.05, 3.63) is 40.5 Å². The molecular weight excluding hydrogens is 348 g/mol. The van der Waals surface area contributed by atoms with Gasteiger partial charge in [0.1, 0.15) is 11.6 Å². The van der Waals surface area contributed by atoms with Gasteiger partial charge in [-0.15, -0.1) is 5.10 Å². The van der Waals surface area contributed by atoms with Gasteiger partial charge in [-0.3, -0.25) is 4.90 Å². The third-order valence-corrected chi connectivity index (χ3v) is 6.11. The van der Waals surface area contributed by atoms with Crippen molar-refractivity contribution in [1.29, 1.82) is 0 Å². The number of methoxy groups -OCH3 is 1. The highest BCUT2D eigenvalue weighted by Gasteiger charge is 2.31. The summed E-state index contributed by atoms with van der Waals surface area (Å²) in [4.78, 5) is 8.53. The van der Waals surface area contributed by atoms with E-state index in [4.69, 9.17) is 4.74 Å². The summed E-state index contributed by atoms with van der Waals surface area (Å²) in [5, 5.41) is 15.2. The van der Waals surface area contributed by atoms with Crippen LogP contribution in [0.15, 0.2) is 24.3 Å². The number of likely N-dealkylation sites (tertiary alicyclic amines) is 1. The van der Waals surface area contributed by atoms with Crippen molar-refractivity contribution in [3.8, 4) is 11.6 Å². The maximum absolute atomic E-state index is 10.9. The summed E-state index contributed by atoms with van der Waals surface area (Å²) in [6, 6.07) is 8.13. The summed E-state index contributed by atoms with van der Waals surface area (Å²) >= 11 is 1.52. The predicted octanol–water partition coefficient (Wildman–Crippen LogP) is 3.63. The molecule has 3 aromatic rings. The molecule has 0 saturated carbocycles. The van der Waals surface area contributed by atoms with Crippen LogP contribution in [-0.4, -0.2) is 44.8 Å². The molecule has 0 unspecified atom stereocenters. The minimum Gasteiger partial charge on any atom is -0.497 e. The molecule has 4 rings (SSSR count). The zero-order valence-electron chi connectivity index (χ0n) is 15.3. The molecule has 0 radical (unpaired) electrons. The van der Waals surface area contributed by atoms with E-state index in [0.717, 1.165) is 34.2 Å². The third-order valence-electron chi connectivity index (χ3n) is 5.04. The first-order chi connectivity index (χ1) is 12.6. The molecule has 0 bridgehead atoms. The number of hydrogen-bond donors (Lipinski definition) is 1. The van der Waals surface area contributed by atoms with Gasteiger partial charge in [0, 0.05) is 6.54 Å². The van der Waals surface area contributed by atoms with E-state index in [1.54, 1.807) is 11.6 Å². The Hall–Kier alpha value is -2.12. The van der Waals surface area contributed by atoms with E-state index >= 15 is 0 Å². The molecule has 1 aromatic carbocycles. The van der Waals surface area contributed by atoms with Crippen LogP contribution in [-0.2, 0) is 0 Å². The van der Waals surface area contributed by atoms with Crippen molar-refractivity contribution in [2.24, 2.45) is 5.92 Å². The summed E-state index contributed by atoms with van der Waals surface area (Å²) in [5.74, 6) is 2.36. The molecule has 0 aliphatic carbocycles. The number of ether oxygens (including phenoxy) is 1. The van der Waals surface area contributed by atoms with Crippen LogP contribution in [0.1, 0.15) is 42.1 Å². The van der Waals surface area contributed by atoms with E-state index in [1.165, 1.54) is 24.2 Å². The molecule has 1 aliphatic rings. The Morgan fingerprint density at radius 2 is 2.08 bits per heavy atom. The van der Waals surface area contributed by atoms with E-state index in [2.05, 4.69) is 34.0 Å². The summed E-state index contributed by atoms with van der Waals surface area (Å²) in [6.07, 6.45) is 2.43. The van der Waals surface area contributed by atoms with Gasteiger partial charge in [0.2, 0.25) is 10.8 Å². The number of rotatable bonds is 4. The zero-order chi connectivity index (χ0) is 18.3. The summed E-state index contributed by atoms with van der Waals surface area (Å²) in [6.45, 7) is 6.17. The van der Waals surface area contributed by atoms with E-state index in [9.17, 15) is 5.11 Å². The quantitative estimate of drug-likeness (QED) is 0.758. The molecule has 138 valence electrons. The fraction of sp³-hybridized carbons (Fsp3) is 0.474. The number of fused-ring (bicyclic) bond motifs is 1. The van der Waals surface area contributed by atoms with Crippen LogP contribution in [0.5, 0.6) is 11.6 Å². The number of hydrogen-bond acceptors (Lipinski definition) is 6. The van der Waals surface area contributed by atoms with Crippen LogP contribution in [0, 0.1) is 12.8 Å². The van der Waals surface area contributed by atoms with Gasteiger partial charge in [-0.1, -0.05) is 30.4 Å². The van der Waals surface area contributed by atoms with E-state index in [0.29, 0.717) is 11.7 Å². The topological polar surface area (TPSA) is 62.9 Å². The first kappa shape index (κ1) is 17.3. The Morgan fingerprint density at radius 1 is 1.31 bits per heavy atom. The van der Waals surface area contributed by atoms with Gasteiger partial charge in [0.25, 0.3) is 0 Å². The molecule has 0 amide bonds. The lowest BCUT2D eigenvalue weighted by Crippen LogP contribution is -2.37. The van der Waals surface area contributed by atoms with Gasteiger partial charge >= 0.3 is 0 Å². The van der Waals surface area contributed by atoms with Gasteiger partial charge in [-0.05, 0) is 49.9 Å². The van der Waals surface area contributed by atoms with Crippen molar-refractivity contribution in [2.45, 2.75) is 32.7 Å². The van der Waals surface area contributed by atoms with Crippen molar-refractivity contribution in [3.63, 3.8) is 0 Å². The maximum Gasteiger partial charge on any atom is 0.230 e. The molecule has 1 aliphatic heterocycles. The van der Waals surface area contributed by atoms with E-state index in [-0.39, 0.29) is 11.9 Å². The Kier molecular flexibility index (Phi) is 4.58. The predicted molar refractivity (Wildman–Crippen MR) is 102 cm³/mol. The van der Waals surface area contributed by atoms with Crippen LogP contribution < -0.4 is 4.74 Å². The number of benzene rings is 1. The van der Waals surface area contributed by atoms with E-state index in [1.807, 2.05) is 19.1 Å². The van der Waals surface area contributed by atoms with Crippen molar-refractivity contribution < 1.29 is 9.84 Å². The molecule has 1 saturated heterocycles. The molecule has 6 nitrogen and oxygen atoms in total. The Morgan fingerprint density at radius 3 is 2.73 bits per heavy atom. The van der Waals surface area contributed by atoms with Gasteiger partial charge in [0.15, 0.2) is 0 Å². The van der Waals surface area contributed by atoms with Crippen LogP contribution in [0.2, 0.25) is 0 Å². The molecule has 2 aromatic heterocycles. The zero-order valence-corrected chi connectivity index (χ0v) is 16.2. The second-order valence-electron chi connectivity index (χ2n) is 7.06. The smallest absolute Gasteiger partial charge is 0.230 e. The summed E-state index contributed by atoms with van der Waals surface area (Å²) in [5.41, 5.74) is 1.15. The summed E-state index contributed by atoms with van der Waals surface area (Å²) in [7, 11) is 1.67. The lowest BCUT2D eigenvalue weighted by Gasteiger charge is -2.37. The second-order valence-corrected chi connectivity index (χ2v) is 8.07. The fourth-order valence-electron chi connectivity index (χ4n) is 3.80. The first-order valence-corrected chi connectivity index (χ1v) is 9.81. The number of aryl methyl sites for hydroxylation is 1. The minimum absolute atomic E-state index is 0.00235. The molecule has 3 heterocycles. The Bertz CT molecular complexity index is 902. The highest BCUT2D eigenvalue weighted by Crippen LogP contribution is 2.41. The minimum atomic E-state index is -0.00235. The average molecular weight is 372 g/mol. The number of thiazole rings is 1. The molecule has 1 N–H and O–H groups in total. The van der Waals surface area contributed by atoms with Crippen molar-refractivity contribution >= 4 is 16.3 Å². The van der Waals surface area contributed by atoms with Crippen LogP contribution >= 0.6 is 11.3 Å². The number of nitrogens with zero attached hydrogens (tertiary/aromatic N) is 4. The normalized spacial score (nSPS) is 19.7. The number of aromatic hydroxyl groups is 1. The molecule has 2 atom stereocenters. The van der Waals surface area contributed by atoms with E-state index < -0.39 is 0 Å². The summed E-state index contributed by atoms with van der Waals surface area (Å²) < 4.78 is 6.86. The highest BCUT2D eigenvalue weighted by molar-refractivity contribution is 7.17. The molecule has 1 fully saturated rings. The van der Waals surface area contributed by atoms with Crippen LogP contribution in [0.4, 0.5) is 0 Å². The monoisotopic (exact) mass is 372 g/mol. The molecular formula is C19H24N4O2S. The van der Waals surface area contributed by atoms with Gasteiger partial charge < -0.3 is 9.84 Å². The SMILES string of the molecule is COc1ccc([C@H](c2sc3nc(C)nn3c2O)N2CCC[C@@H](C)C2)cc1. The van der Waals surface area contributed by atoms with Crippen LogP contribution in [0.25, 0.3) is 4.96 Å². The van der Waals surface area contributed by atoms with Gasteiger partial charge in [0.05, 0.1) is 18.0 Å². The molecule has 0 spiro atoms. The van der Waals surface area contributed by atoms with Gasteiger partial charge in [-0.25, -0.2) is 4.98 Å². The Balaban J connectivity index is 1.80. The fourth-order valence-corrected chi connectivity index (χ4v) is 4.96. The first-order valence-electron chi connectivity index (χ1n) is 9.00. The number of aromatic nitrogens is 3. The standard InChI is InChI=1S/C19H24N4O2S/c1-12-5-4-10-22(11-12)16(14-6-8-15(25-3)9-7-14)17-18(24)23-19(26-17)20-13(2)21-23/h6-9,12,16,24H,4-5,10-11H2,1-3H3/t12-,16-/m1/s1. The van der Waals surface area contributed by atoms with Gasteiger partial charge in [-0.2, -0.15) is 4.52 Å². The highest BCUT2D eigenvalue weighted by atomic mass is 32.1. The molecule has 26 heavy (non-hydrogen) atoms. The average Bonchev–Trinajstić information content (AvgIpc) is 3.14. The second kappa shape index (κ2) is 6.89.